The Morgan fingerprint density at radius 3 is 2.73 bits per heavy atom. The summed E-state index contributed by atoms with van der Waals surface area (Å²) in [5.74, 6) is 0.481. The van der Waals surface area contributed by atoms with E-state index in [0.29, 0.717) is 18.2 Å². The monoisotopic (exact) mass is 407 g/mol. The van der Waals surface area contributed by atoms with Crippen LogP contribution < -0.4 is 0 Å². The minimum atomic E-state index is -0.0000431. The van der Waals surface area contributed by atoms with Crippen molar-refractivity contribution in [2.24, 2.45) is 10.9 Å². The van der Waals surface area contributed by atoms with Gasteiger partial charge < -0.3 is 4.90 Å². The molecule has 4 heteroatoms. The minimum Gasteiger partial charge on any atom is -0.334 e. The van der Waals surface area contributed by atoms with Crippen LogP contribution in [0, 0.1) is 5.92 Å². The number of hydrogen-bond acceptors (Lipinski definition) is 3. The molecule has 1 heterocycles. The molecule has 4 nitrogen and oxygen atoms in total. The van der Waals surface area contributed by atoms with E-state index in [0.717, 1.165) is 44.4 Å². The Labute approximate surface area is 182 Å². The number of carbonyl (C=O) groups is 1. The zero-order chi connectivity index (χ0) is 21.8. The van der Waals surface area contributed by atoms with Crippen molar-refractivity contribution in [3.8, 4) is 0 Å². The fraction of sp³-hybridized carbons (Fsp3) is 0.500. The van der Waals surface area contributed by atoms with Crippen LogP contribution in [0.15, 0.2) is 65.3 Å². The molecular formula is C26H37N3O. The molecule has 0 spiro atoms. The highest BCUT2D eigenvalue weighted by atomic mass is 16.2. The van der Waals surface area contributed by atoms with Crippen molar-refractivity contribution in [2.75, 3.05) is 13.1 Å². The first kappa shape index (κ1) is 23.8. The summed E-state index contributed by atoms with van der Waals surface area (Å²) in [7, 11) is 0. The topological polar surface area (TPSA) is 45.6 Å². The molecule has 0 saturated carbocycles. The summed E-state index contributed by atoms with van der Waals surface area (Å²) in [5.41, 5.74) is 2.94. The Balaban J connectivity index is 2.11. The molecule has 0 bridgehead atoms. The van der Waals surface area contributed by atoms with Gasteiger partial charge >= 0.3 is 0 Å². The van der Waals surface area contributed by atoms with Gasteiger partial charge in [-0.05, 0) is 63.7 Å². The molecule has 1 aliphatic carbocycles. The Bertz CT molecular complexity index is 775. The zero-order valence-electron chi connectivity index (χ0n) is 19.1. The lowest BCUT2D eigenvalue weighted by Gasteiger charge is -2.29. The van der Waals surface area contributed by atoms with Gasteiger partial charge in [0.05, 0.1) is 0 Å². The van der Waals surface area contributed by atoms with E-state index in [2.05, 4.69) is 61.1 Å². The molecule has 30 heavy (non-hydrogen) atoms. The highest BCUT2D eigenvalue weighted by Gasteiger charge is 2.22. The van der Waals surface area contributed by atoms with Crippen LogP contribution in [0.25, 0.3) is 0 Å². The summed E-state index contributed by atoms with van der Waals surface area (Å²) in [6.07, 6.45) is 17.7. The lowest BCUT2D eigenvalue weighted by Crippen LogP contribution is -2.40. The van der Waals surface area contributed by atoms with Crippen LogP contribution >= 0.6 is 0 Å². The standard InChI is InChI=1S/C26H37N3O/c1-5-27-24(17-14-21(2)3)18-20-29(26(30)25-13-9-10-19-28-25)22(4)15-16-23-11-7-6-8-12-23/h7,9-14,17,19,21-22H,5-6,8,15-16,18,20H2,1-4H3/b17-14-,27-24?. The number of rotatable bonds is 11. The van der Waals surface area contributed by atoms with Gasteiger partial charge in [-0.2, -0.15) is 0 Å². The molecule has 1 unspecified atom stereocenters. The van der Waals surface area contributed by atoms with Gasteiger partial charge in [-0.1, -0.05) is 49.8 Å². The average Bonchev–Trinajstić information content (AvgIpc) is 2.77. The van der Waals surface area contributed by atoms with Crippen molar-refractivity contribution in [1.82, 2.24) is 9.88 Å². The van der Waals surface area contributed by atoms with Crippen LogP contribution in [-0.2, 0) is 0 Å². The van der Waals surface area contributed by atoms with Gasteiger partial charge in [-0.3, -0.25) is 14.8 Å². The second kappa shape index (κ2) is 12.9. The maximum atomic E-state index is 13.3. The third-order valence-electron chi connectivity index (χ3n) is 5.24. The molecule has 1 amide bonds. The maximum Gasteiger partial charge on any atom is 0.272 e. The first-order chi connectivity index (χ1) is 14.5. The quantitative estimate of drug-likeness (QED) is 0.420. The van der Waals surface area contributed by atoms with Crippen LogP contribution in [0.4, 0.5) is 0 Å². The lowest BCUT2D eigenvalue weighted by atomic mass is 9.99. The number of pyridine rings is 1. The van der Waals surface area contributed by atoms with Gasteiger partial charge in [0.2, 0.25) is 0 Å². The summed E-state index contributed by atoms with van der Waals surface area (Å²) in [5, 5.41) is 0. The summed E-state index contributed by atoms with van der Waals surface area (Å²) in [4.78, 5) is 24.2. The van der Waals surface area contributed by atoms with Crippen LogP contribution in [0.3, 0.4) is 0 Å². The molecule has 0 aliphatic heterocycles. The van der Waals surface area contributed by atoms with E-state index in [1.165, 1.54) is 5.57 Å². The maximum absolute atomic E-state index is 13.3. The fourth-order valence-corrected chi connectivity index (χ4v) is 3.50. The normalized spacial score (nSPS) is 15.5. The van der Waals surface area contributed by atoms with Gasteiger partial charge in [0.15, 0.2) is 0 Å². The van der Waals surface area contributed by atoms with Crippen molar-refractivity contribution in [3.63, 3.8) is 0 Å². The molecule has 1 aliphatic rings. The number of amides is 1. The van der Waals surface area contributed by atoms with E-state index < -0.39 is 0 Å². The second-order valence-electron chi connectivity index (χ2n) is 8.18. The predicted molar refractivity (Wildman–Crippen MR) is 127 cm³/mol. The molecule has 1 aromatic rings. The number of aromatic nitrogens is 1. The highest BCUT2D eigenvalue weighted by molar-refractivity contribution is 5.96. The van der Waals surface area contributed by atoms with E-state index >= 15 is 0 Å². The van der Waals surface area contributed by atoms with Gasteiger partial charge in [-0.15, -0.1) is 0 Å². The third kappa shape index (κ3) is 8.10. The summed E-state index contributed by atoms with van der Waals surface area (Å²) >= 11 is 0. The van der Waals surface area contributed by atoms with Crippen LogP contribution in [0.2, 0.25) is 0 Å². The molecular weight excluding hydrogens is 370 g/mol. The molecule has 0 radical (unpaired) electrons. The first-order valence-electron chi connectivity index (χ1n) is 11.3. The van der Waals surface area contributed by atoms with Crippen molar-refractivity contribution in [3.05, 3.63) is 66.0 Å². The molecule has 1 atom stereocenters. The molecule has 0 aromatic carbocycles. The van der Waals surface area contributed by atoms with Gasteiger partial charge in [0.25, 0.3) is 5.91 Å². The fourth-order valence-electron chi connectivity index (χ4n) is 3.50. The number of carbonyl (C=O) groups excluding carboxylic acids is 1. The van der Waals surface area contributed by atoms with E-state index in [9.17, 15) is 4.79 Å². The van der Waals surface area contributed by atoms with Crippen LogP contribution in [-0.4, -0.2) is 40.6 Å². The summed E-state index contributed by atoms with van der Waals surface area (Å²) < 4.78 is 0. The molecule has 1 aromatic heterocycles. The molecule has 0 N–H and O–H groups in total. The van der Waals surface area contributed by atoms with Crippen molar-refractivity contribution in [2.45, 2.75) is 65.8 Å². The van der Waals surface area contributed by atoms with Crippen LogP contribution in [0.1, 0.15) is 70.3 Å². The van der Waals surface area contributed by atoms with E-state index in [1.54, 1.807) is 12.3 Å². The minimum absolute atomic E-state index is 0.0000431. The van der Waals surface area contributed by atoms with Gasteiger partial charge in [0.1, 0.15) is 5.69 Å². The van der Waals surface area contributed by atoms with Crippen molar-refractivity contribution >= 4 is 11.6 Å². The van der Waals surface area contributed by atoms with E-state index in [1.807, 2.05) is 24.0 Å². The Hall–Kier alpha value is -2.49. The Morgan fingerprint density at radius 2 is 2.10 bits per heavy atom. The summed E-state index contributed by atoms with van der Waals surface area (Å²) in [6.45, 7) is 9.91. The molecule has 0 fully saturated rings. The van der Waals surface area contributed by atoms with Gasteiger partial charge in [0, 0.05) is 37.5 Å². The molecule has 0 saturated heterocycles. The molecule has 2 rings (SSSR count). The Morgan fingerprint density at radius 1 is 1.27 bits per heavy atom. The summed E-state index contributed by atoms with van der Waals surface area (Å²) in [6, 6.07) is 5.65. The number of aliphatic imine (C=N–C) groups is 1. The van der Waals surface area contributed by atoms with E-state index in [-0.39, 0.29) is 11.9 Å². The molecule has 162 valence electrons. The van der Waals surface area contributed by atoms with Gasteiger partial charge in [-0.25, -0.2) is 0 Å². The Kier molecular flexibility index (Phi) is 10.3. The predicted octanol–water partition coefficient (Wildman–Crippen LogP) is 6.03. The zero-order valence-corrected chi connectivity index (χ0v) is 19.1. The first-order valence-corrected chi connectivity index (χ1v) is 11.3. The lowest BCUT2D eigenvalue weighted by molar-refractivity contribution is 0.0684. The average molecular weight is 408 g/mol. The second-order valence-corrected chi connectivity index (χ2v) is 8.18. The van der Waals surface area contributed by atoms with Crippen molar-refractivity contribution < 1.29 is 4.79 Å². The smallest absolute Gasteiger partial charge is 0.272 e. The van der Waals surface area contributed by atoms with Crippen molar-refractivity contribution in [1.29, 1.82) is 0 Å². The number of hydrogen-bond donors (Lipinski definition) is 0. The van der Waals surface area contributed by atoms with Crippen LogP contribution in [0.5, 0.6) is 0 Å². The highest BCUT2D eigenvalue weighted by Crippen LogP contribution is 2.19. The SMILES string of the molecule is CCN=C(/C=C\C(C)C)CCN(C(=O)c1ccccn1)C(C)CCC1=CCCC=C1. The number of nitrogens with zero attached hydrogens (tertiary/aromatic N) is 3. The van der Waals surface area contributed by atoms with E-state index in [4.69, 9.17) is 0 Å². The number of allylic oxidation sites excluding steroid dienone is 6. The largest absolute Gasteiger partial charge is 0.334 e. The third-order valence-corrected chi connectivity index (χ3v) is 5.24.